The summed E-state index contributed by atoms with van der Waals surface area (Å²) in [5.74, 6) is 3.64. The number of nitrogens with two attached hydrogens (primary N) is 1. The molecule has 0 amide bonds. The molecule has 8 heteroatoms. The van der Waals surface area contributed by atoms with Crippen LogP contribution in [-0.4, -0.2) is 13.4 Å². The van der Waals surface area contributed by atoms with Crippen molar-refractivity contribution < 1.29 is 18.9 Å². The molecule has 0 unspecified atom stereocenters. The monoisotopic (exact) mass is 414 g/mol. The first-order valence-corrected chi connectivity index (χ1v) is 8.85. The fraction of sp³-hybridized carbons (Fsp3) is 0.150. The van der Waals surface area contributed by atoms with E-state index in [0.717, 1.165) is 0 Å². The Labute approximate surface area is 170 Å². The molecule has 0 aliphatic carbocycles. The van der Waals surface area contributed by atoms with Crippen molar-refractivity contribution in [3.05, 3.63) is 56.9 Å². The zero-order valence-electron chi connectivity index (χ0n) is 14.3. The van der Waals surface area contributed by atoms with Crippen LogP contribution in [0.2, 0.25) is 10.0 Å². The van der Waals surface area contributed by atoms with Gasteiger partial charge in [-0.25, -0.2) is 0 Å². The molecule has 2 aliphatic heterocycles. The van der Waals surface area contributed by atoms with Gasteiger partial charge in [0.2, 0.25) is 12.7 Å². The summed E-state index contributed by atoms with van der Waals surface area (Å²) < 4.78 is 21.9. The predicted molar refractivity (Wildman–Crippen MR) is 103 cm³/mol. The summed E-state index contributed by atoms with van der Waals surface area (Å²) in [4.78, 5) is 0. The quantitative estimate of drug-likeness (QED) is 0.764. The van der Waals surface area contributed by atoms with Crippen LogP contribution in [0.3, 0.4) is 0 Å². The van der Waals surface area contributed by atoms with E-state index in [1.165, 1.54) is 0 Å². The highest BCUT2D eigenvalue weighted by atomic mass is 35.5. The largest absolute Gasteiger partial charge is 0.478 e. The number of nitrogens with zero attached hydrogens (tertiary/aromatic N) is 1. The molecule has 1 atom stereocenters. The van der Waals surface area contributed by atoms with Crippen LogP contribution in [0.4, 0.5) is 0 Å². The van der Waals surface area contributed by atoms with Gasteiger partial charge in [-0.2, -0.15) is 5.26 Å². The Balaban J connectivity index is 1.87. The standard InChI is InChI=1S/C20H12Cl2N2O4/c1-2-3-25-19-13(21)4-10(5-14(19)22)18-11-6-16-17(27-9-26-16)7-15(11)28-20(24)12(18)8-23/h1,4-7,18H,3,9,24H2/t18-/m0/s1. The van der Waals surface area contributed by atoms with Crippen molar-refractivity contribution in [3.63, 3.8) is 0 Å². The predicted octanol–water partition coefficient (Wildman–Crippen LogP) is 3.95. The molecule has 0 saturated heterocycles. The fourth-order valence-electron chi connectivity index (χ4n) is 3.19. The summed E-state index contributed by atoms with van der Waals surface area (Å²) in [6, 6.07) is 8.87. The second-order valence-electron chi connectivity index (χ2n) is 5.97. The van der Waals surface area contributed by atoms with Gasteiger partial charge in [0.15, 0.2) is 17.2 Å². The first-order chi connectivity index (χ1) is 13.5. The minimum atomic E-state index is -0.556. The minimum Gasteiger partial charge on any atom is -0.478 e. The molecule has 6 nitrogen and oxygen atoms in total. The van der Waals surface area contributed by atoms with E-state index >= 15 is 0 Å². The summed E-state index contributed by atoms with van der Waals surface area (Å²) in [5.41, 5.74) is 7.56. The molecule has 2 aromatic rings. The highest BCUT2D eigenvalue weighted by molar-refractivity contribution is 6.37. The molecule has 28 heavy (non-hydrogen) atoms. The molecule has 2 heterocycles. The van der Waals surface area contributed by atoms with E-state index in [9.17, 15) is 5.26 Å². The molecular weight excluding hydrogens is 403 g/mol. The summed E-state index contributed by atoms with van der Waals surface area (Å²) in [5, 5.41) is 10.2. The van der Waals surface area contributed by atoms with E-state index in [1.807, 2.05) is 0 Å². The van der Waals surface area contributed by atoms with Gasteiger partial charge in [-0.1, -0.05) is 29.1 Å². The van der Waals surface area contributed by atoms with Crippen LogP contribution in [0.25, 0.3) is 0 Å². The van der Waals surface area contributed by atoms with Gasteiger partial charge in [0.25, 0.3) is 0 Å². The Morgan fingerprint density at radius 2 is 1.82 bits per heavy atom. The first-order valence-electron chi connectivity index (χ1n) is 8.09. The molecule has 2 aliphatic rings. The third-order valence-electron chi connectivity index (χ3n) is 4.36. The number of halogens is 2. The summed E-state index contributed by atoms with van der Waals surface area (Å²) in [6.45, 7) is 0.133. The Morgan fingerprint density at radius 1 is 1.14 bits per heavy atom. The molecule has 0 saturated carbocycles. The van der Waals surface area contributed by atoms with Gasteiger partial charge < -0.3 is 24.7 Å². The van der Waals surface area contributed by atoms with Crippen LogP contribution >= 0.6 is 23.2 Å². The van der Waals surface area contributed by atoms with Gasteiger partial charge in [0.05, 0.1) is 16.0 Å². The molecule has 140 valence electrons. The third kappa shape index (κ3) is 2.93. The highest BCUT2D eigenvalue weighted by Crippen LogP contribution is 2.49. The first kappa shape index (κ1) is 18.2. The maximum Gasteiger partial charge on any atom is 0.231 e. The van der Waals surface area contributed by atoms with E-state index in [4.69, 9.17) is 54.3 Å². The second kappa shape index (κ2) is 7.09. The average Bonchev–Trinajstić information content (AvgIpc) is 3.11. The molecule has 2 N–H and O–H groups in total. The topological polar surface area (TPSA) is 86.7 Å². The summed E-state index contributed by atoms with van der Waals surface area (Å²) in [6.07, 6.45) is 5.22. The zero-order chi connectivity index (χ0) is 19.8. The number of hydrogen-bond donors (Lipinski definition) is 1. The van der Waals surface area contributed by atoms with Crippen LogP contribution in [0, 0.1) is 23.7 Å². The van der Waals surface area contributed by atoms with Crippen molar-refractivity contribution in [2.24, 2.45) is 5.73 Å². The lowest BCUT2D eigenvalue weighted by molar-refractivity contribution is 0.174. The number of fused-ring (bicyclic) bond motifs is 2. The Hall–Kier alpha value is -3.19. The SMILES string of the molecule is C#CCOc1c(Cl)cc([C@@H]2C(C#N)=C(N)Oc3cc4c(cc32)OCO4)cc1Cl. The van der Waals surface area contributed by atoms with Crippen molar-refractivity contribution in [2.45, 2.75) is 5.92 Å². The molecule has 0 bridgehead atoms. The lowest BCUT2D eigenvalue weighted by Crippen LogP contribution is -2.21. The van der Waals surface area contributed by atoms with Crippen LogP contribution in [0.5, 0.6) is 23.0 Å². The number of hydrogen-bond acceptors (Lipinski definition) is 6. The average molecular weight is 415 g/mol. The minimum absolute atomic E-state index is 0.00114. The van der Waals surface area contributed by atoms with Crippen molar-refractivity contribution in [2.75, 3.05) is 13.4 Å². The maximum atomic E-state index is 9.68. The smallest absolute Gasteiger partial charge is 0.231 e. The molecular formula is C20H12Cl2N2O4. The van der Waals surface area contributed by atoms with Gasteiger partial charge in [-0.05, 0) is 23.8 Å². The van der Waals surface area contributed by atoms with Crippen molar-refractivity contribution >= 4 is 23.2 Å². The highest BCUT2D eigenvalue weighted by Gasteiger charge is 2.34. The van der Waals surface area contributed by atoms with Crippen molar-refractivity contribution in [3.8, 4) is 41.4 Å². The Morgan fingerprint density at radius 3 is 2.46 bits per heavy atom. The summed E-state index contributed by atoms with van der Waals surface area (Å²) >= 11 is 12.7. The molecule has 0 fully saturated rings. The van der Waals surface area contributed by atoms with Gasteiger partial charge in [-0.15, -0.1) is 6.42 Å². The number of terminal acetylenes is 1. The normalized spacial score (nSPS) is 16.6. The molecule has 0 aromatic heterocycles. The van der Waals surface area contributed by atoms with Crippen LogP contribution in [0.1, 0.15) is 17.0 Å². The fourth-order valence-corrected chi connectivity index (χ4v) is 3.80. The van der Waals surface area contributed by atoms with Crippen LogP contribution in [-0.2, 0) is 0 Å². The maximum absolute atomic E-state index is 9.68. The van der Waals surface area contributed by atoms with Crippen molar-refractivity contribution in [1.29, 1.82) is 5.26 Å². The van der Waals surface area contributed by atoms with E-state index in [2.05, 4.69) is 12.0 Å². The number of ether oxygens (including phenoxy) is 4. The Kier molecular flexibility index (Phi) is 4.60. The van der Waals surface area contributed by atoms with Gasteiger partial charge in [0.1, 0.15) is 24.0 Å². The number of rotatable bonds is 3. The lowest BCUT2D eigenvalue weighted by atomic mass is 9.83. The van der Waals surface area contributed by atoms with E-state index in [0.29, 0.717) is 28.4 Å². The lowest BCUT2D eigenvalue weighted by Gasteiger charge is -2.27. The van der Waals surface area contributed by atoms with E-state index < -0.39 is 5.92 Å². The molecule has 0 radical (unpaired) electrons. The second-order valence-corrected chi connectivity index (χ2v) is 6.79. The summed E-state index contributed by atoms with van der Waals surface area (Å²) in [7, 11) is 0. The van der Waals surface area contributed by atoms with E-state index in [1.54, 1.807) is 24.3 Å². The molecule has 2 aromatic carbocycles. The number of nitriles is 1. The van der Waals surface area contributed by atoms with Crippen LogP contribution in [0.15, 0.2) is 35.7 Å². The van der Waals surface area contributed by atoms with Gasteiger partial charge >= 0.3 is 0 Å². The third-order valence-corrected chi connectivity index (χ3v) is 4.93. The number of benzene rings is 2. The van der Waals surface area contributed by atoms with Gasteiger partial charge in [-0.3, -0.25) is 0 Å². The Bertz CT molecular complexity index is 1080. The van der Waals surface area contributed by atoms with Gasteiger partial charge in [0, 0.05) is 11.6 Å². The number of allylic oxidation sites excluding steroid dienone is 1. The molecule has 4 rings (SSSR count). The molecule has 0 spiro atoms. The van der Waals surface area contributed by atoms with Crippen molar-refractivity contribution in [1.82, 2.24) is 0 Å². The van der Waals surface area contributed by atoms with E-state index in [-0.39, 0.29) is 40.7 Å². The van der Waals surface area contributed by atoms with Crippen LogP contribution < -0.4 is 24.7 Å². The zero-order valence-corrected chi connectivity index (χ0v) is 15.8.